The van der Waals surface area contributed by atoms with E-state index in [0.717, 1.165) is 22.9 Å². The second kappa shape index (κ2) is 14.1. The molecule has 3 aromatic carbocycles. The molecule has 0 aliphatic heterocycles. The lowest BCUT2D eigenvalue weighted by molar-refractivity contribution is -0.141. The molecule has 0 saturated carbocycles. The van der Waals surface area contributed by atoms with Crippen molar-refractivity contribution in [1.29, 1.82) is 0 Å². The largest absolute Gasteiger partial charge is 0.352 e. The lowest BCUT2D eigenvalue weighted by Crippen LogP contribution is -2.52. The summed E-state index contributed by atoms with van der Waals surface area (Å²) in [5.74, 6) is -0.969. The van der Waals surface area contributed by atoms with Crippen molar-refractivity contribution in [3.63, 3.8) is 0 Å². The van der Waals surface area contributed by atoms with Gasteiger partial charge in [0.05, 0.1) is 11.9 Å². The van der Waals surface area contributed by atoms with E-state index in [2.05, 4.69) is 5.32 Å². The average molecular weight is 568 g/mol. The Morgan fingerprint density at radius 1 is 0.925 bits per heavy atom. The molecule has 2 amide bonds. The van der Waals surface area contributed by atoms with Crippen molar-refractivity contribution in [3.8, 4) is 0 Å². The molecule has 0 aliphatic carbocycles. The number of carbonyl (C=O) groups excluding carboxylic acids is 2. The number of anilines is 1. The Labute approximate surface area is 237 Å². The number of halogens is 1. The Bertz CT molecular complexity index is 1380. The van der Waals surface area contributed by atoms with Crippen molar-refractivity contribution in [1.82, 2.24) is 10.2 Å². The lowest BCUT2D eigenvalue weighted by Gasteiger charge is -2.33. The van der Waals surface area contributed by atoms with Crippen LogP contribution in [0.4, 0.5) is 10.1 Å². The minimum absolute atomic E-state index is 0.0271. The van der Waals surface area contributed by atoms with Gasteiger partial charge in [-0.05, 0) is 68.1 Å². The van der Waals surface area contributed by atoms with Crippen LogP contribution in [-0.4, -0.2) is 50.0 Å². The summed E-state index contributed by atoms with van der Waals surface area (Å²) in [6, 6.07) is 21.6. The number of sulfonamides is 1. The Morgan fingerprint density at radius 3 is 2.15 bits per heavy atom. The second-order valence-electron chi connectivity index (χ2n) is 10.2. The minimum Gasteiger partial charge on any atom is -0.352 e. The number of hydrogen-bond donors (Lipinski definition) is 1. The minimum atomic E-state index is -3.67. The van der Waals surface area contributed by atoms with Crippen molar-refractivity contribution in [2.45, 2.75) is 58.7 Å². The highest BCUT2D eigenvalue weighted by Crippen LogP contribution is 2.21. The van der Waals surface area contributed by atoms with Crippen LogP contribution >= 0.6 is 0 Å². The maximum atomic E-state index is 13.8. The number of nitrogens with zero attached hydrogens (tertiary/aromatic N) is 2. The summed E-state index contributed by atoms with van der Waals surface area (Å²) >= 11 is 0. The standard InChI is InChI=1S/C31H38FN3O4S/c1-23(2)33-31(37)29(21-25-12-6-5-7-13-25)34(22-26-14-9-8-11-24(26)3)30(36)15-10-20-35(40(4,38)39)28-18-16-27(32)17-19-28/h5-9,11-14,16-19,23,29H,10,15,20-22H2,1-4H3,(H,33,37)/t29-/m0/s1. The number of rotatable bonds is 13. The van der Waals surface area contributed by atoms with Crippen molar-refractivity contribution < 1.29 is 22.4 Å². The summed E-state index contributed by atoms with van der Waals surface area (Å²) < 4.78 is 39.6. The summed E-state index contributed by atoms with van der Waals surface area (Å²) in [7, 11) is -3.67. The van der Waals surface area contributed by atoms with Crippen LogP contribution < -0.4 is 9.62 Å². The van der Waals surface area contributed by atoms with Gasteiger partial charge in [-0.15, -0.1) is 0 Å². The molecule has 1 atom stereocenters. The lowest BCUT2D eigenvalue weighted by atomic mass is 10.0. The normalized spacial score (nSPS) is 12.2. The fourth-order valence-corrected chi connectivity index (χ4v) is 5.48. The number of hydrogen-bond acceptors (Lipinski definition) is 4. The SMILES string of the molecule is Cc1ccccc1CN(C(=O)CCCN(c1ccc(F)cc1)S(C)(=O)=O)[C@@H](Cc1ccccc1)C(=O)NC(C)C. The fourth-order valence-electron chi connectivity index (χ4n) is 4.52. The first-order chi connectivity index (χ1) is 19.0. The van der Waals surface area contributed by atoms with E-state index in [1.807, 2.05) is 75.4 Å². The Balaban J connectivity index is 1.88. The maximum absolute atomic E-state index is 13.8. The summed E-state index contributed by atoms with van der Waals surface area (Å²) in [5.41, 5.74) is 3.18. The Kier molecular flexibility index (Phi) is 10.8. The monoisotopic (exact) mass is 567 g/mol. The van der Waals surface area contributed by atoms with Crippen molar-refractivity contribution in [3.05, 3.63) is 101 Å². The Hall–Kier alpha value is -3.72. The van der Waals surface area contributed by atoms with Crippen LogP contribution in [0.2, 0.25) is 0 Å². The number of benzene rings is 3. The highest BCUT2D eigenvalue weighted by molar-refractivity contribution is 7.92. The van der Waals surface area contributed by atoms with Crippen LogP contribution in [0.15, 0.2) is 78.9 Å². The topological polar surface area (TPSA) is 86.8 Å². The number of aryl methyl sites for hydroxylation is 1. The van der Waals surface area contributed by atoms with E-state index in [1.54, 1.807) is 4.90 Å². The maximum Gasteiger partial charge on any atom is 0.243 e. The molecule has 0 aliphatic rings. The van der Waals surface area contributed by atoms with E-state index in [4.69, 9.17) is 0 Å². The van der Waals surface area contributed by atoms with Crippen LogP contribution in [0.5, 0.6) is 0 Å². The van der Waals surface area contributed by atoms with Gasteiger partial charge in [0.2, 0.25) is 21.8 Å². The molecule has 7 nitrogen and oxygen atoms in total. The van der Waals surface area contributed by atoms with Gasteiger partial charge in [-0.2, -0.15) is 0 Å². The third-order valence-electron chi connectivity index (χ3n) is 6.57. The number of amides is 2. The molecule has 3 rings (SSSR count). The van der Waals surface area contributed by atoms with Crippen molar-refractivity contribution in [2.24, 2.45) is 0 Å². The molecule has 9 heteroatoms. The zero-order valence-electron chi connectivity index (χ0n) is 23.5. The third-order valence-corrected chi connectivity index (χ3v) is 7.76. The molecule has 3 aromatic rings. The van der Waals surface area contributed by atoms with Crippen molar-refractivity contribution in [2.75, 3.05) is 17.1 Å². The first-order valence-corrected chi connectivity index (χ1v) is 15.2. The van der Waals surface area contributed by atoms with E-state index in [-0.39, 0.29) is 43.8 Å². The predicted octanol–water partition coefficient (Wildman–Crippen LogP) is 4.85. The molecule has 0 fully saturated rings. The molecule has 0 heterocycles. The molecule has 214 valence electrons. The average Bonchev–Trinajstić information content (AvgIpc) is 2.89. The quantitative estimate of drug-likeness (QED) is 0.320. The smallest absolute Gasteiger partial charge is 0.243 e. The molecule has 0 spiro atoms. The van der Waals surface area contributed by atoms with Crippen LogP contribution in [0, 0.1) is 12.7 Å². The van der Waals surface area contributed by atoms with Crippen LogP contribution in [0.25, 0.3) is 0 Å². The molecule has 0 bridgehead atoms. The molecule has 0 saturated heterocycles. The number of carbonyl (C=O) groups is 2. The number of nitrogens with one attached hydrogen (secondary N) is 1. The zero-order chi connectivity index (χ0) is 29.3. The van der Waals surface area contributed by atoms with E-state index in [1.165, 1.54) is 28.6 Å². The molecule has 0 aromatic heterocycles. The van der Waals surface area contributed by atoms with Gasteiger partial charge < -0.3 is 10.2 Å². The van der Waals surface area contributed by atoms with Gasteiger partial charge in [-0.25, -0.2) is 12.8 Å². The molecule has 0 unspecified atom stereocenters. The zero-order valence-corrected chi connectivity index (χ0v) is 24.3. The molecular weight excluding hydrogens is 529 g/mol. The third kappa shape index (κ3) is 8.91. The molecule has 40 heavy (non-hydrogen) atoms. The van der Waals surface area contributed by atoms with Gasteiger partial charge in [0.1, 0.15) is 11.9 Å². The Morgan fingerprint density at radius 2 is 1.55 bits per heavy atom. The van der Waals surface area contributed by atoms with E-state index in [0.29, 0.717) is 12.1 Å². The van der Waals surface area contributed by atoms with E-state index in [9.17, 15) is 22.4 Å². The van der Waals surface area contributed by atoms with Crippen LogP contribution in [0.3, 0.4) is 0 Å². The van der Waals surface area contributed by atoms with Gasteiger partial charge in [0, 0.05) is 32.0 Å². The highest BCUT2D eigenvalue weighted by atomic mass is 32.2. The summed E-state index contributed by atoms with van der Waals surface area (Å²) in [4.78, 5) is 28.9. The molecular formula is C31H38FN3O4S. The van der Waals surface area contributed by atoms with Gasteiger partial charge in [-0.3, -0.25) is 13.9 Å². The van der Waals surface area contributed by atoms with Gasteiger partial charge >= 0.3 is 0 Å². The fraction of sp³-hybridized carbons (Fsp3) is 0.355. The van der Waals surface area contributed by atoms with Crippen LogP contribution in [-0.2, 0) is 32.6 Å². The van der Waals surface area contributed by atoms with Gasteiger partial charge in [0.15, 0.2) is 0 Å². The second-order valence-corrected chi connectivity index (χ2v) is 12.1. The first kappa shape index (κ1) is 30.8. The summed E-state index contributed by atoms with van der Waals surface area (Å²) in [5, 5.41) is 2.97. The molecule has 1 N–H and O–H groups in total. The first-order valence-electron chi connectivity index (χ1n) is 13.4. The van der Waals surface area contributed by atoms with E-state index < -0.39 is 21.9 Å². The summed E-state index contributed by atoms with van der Waals surface area (Å²) in [6.45, 7) is 5.99. The van der Waals surface area contributed by atoms with Crippen LogP contribution in [0.1, 0.15) is 43.4 Å². The van der Waals surface area contributed by atoms with E-state index >= 15 is 0 Å². The van der Waals surface area contributed by atoms with Gasteiger partial charge in [0.25, 0.3) is 0 Å². The molecule has 0 radical (unpaired) electrons. The summed E-state index contributed by atoms with van der Waals surface area (Å²) in [6.07, 6.45) is 1.66. The van der Waals surface area contributed by atoms with Crippen molar-refractivity contribution >= 4 is 27.5 Å². The predicted molar refractivity (Wildman–Crippen MR) is 157 cm³/mol. The highest BCUT2D eigenvalue weighted by Gasteiger charge is 2.31. The van der Waals surface area contributed by atoms with Gasteiger partial charge in [-0.1, -0.05) is 54.6 Å².